The summed E-state index contributed by atoms with van der Waals surface area (Å²) in [5.41, 5.74) is 0. The van der Waals surface area contributed by atoms with Crippen LogP contribution in [0.4, 0.5) is 0 Å². The third kappa shape index (κ3) is 0.839. The molecule has 0 aliphatic heterocycles. The van der Waals surface area contributed by atoms with E-state index in [9.17, 15) is 0 Å². The predicted octanol–water partition coefficient (Wildman–Crippen LogP) is 2.45. The number of pyridine rings is 1. The highest BCUT2D eigenvalue weighted by atomic mass is 79.9. The Kier molecular flexibility index (Phi) is 1.43. The van der Waals surface area contributed by atoms with E-state index in [1.165, 1.54) is 16.2 Å². The molecule has 2 nitrogen and oxygen atoms in total. The average molecular weight is 215 g/mol. The number of nitrogens with zero attached hydrogens (tertiary/aromatic N) is 2. The maximum Gasteiger partial charge on any atom is 0.129 e. The van der Waals surface area contributed by atoms with E-state index in [-0.39, 0.29) is 0 Å². The number of hydrogen-bond acceptors (Lipinski definition) is 3. The van der Waals surface area contributed by atoms with Crippen molar-refractivity contribution >= 4 is 37.5 Å². The molecule has 0 N–H and O–H groups in total. The van der Waals surface area contributed by atoms with Crippen molar-refractivity contribution in [2.75, 3.05) is 0 Å². The van der Waals surface area contributed by atoms with Gasteiger partial charge in [0.15, 0.2) is 0 Å². The van der Waals surface area contributed by atoms with Gasteiger partial charge in [-0.25, -0.2) is 0 Å². The van der Waals surface area contributed by atoms with Gasteiger partial charge < -0.3 is 0 Å². The fourth-order valence-corrected chi connectivity index (χ4v) is 2.07. The molecule has 0 radical (unpaired) electrons. The van der Waals surface area contributed by atoms with E-state index in [0.717, 1.165) is 9.99 Å². The first kappa shape index (κ1) is 6.24. The highest BCUT2D eigenvalue weighted by Gasteiger charge is 1.99. The third-order valence-electron chi connectivity index (χ3n) is 1.23. The Bertz CT molecular complexity index is 357. The molecule has 0 amide bonds. The zero-order chi connectivity index (χ0) is 6.97. The highest BCUT2D eigenvalue weighted by molar-refractivity contribution is 9.10. The van der Waals surface area contributed by atoms with Gasteiger partial charge in [0.1, 0.15) is 4.60 Å². The highest BCUT2D eigenvalue weighted by Crippen LogP contribution is 2.24. The largest absolute Gasteiger partial charge is 0.264 e. The van der Waals surface area contributed by atoms with Crippen LogP contribution >= 0.6 is 27.5 Å². The molecular formula is C6H3BrN2S. The van der Waals surface area contributed by atoms with E-state index in [4.69, 9.17) is 0 Å². The van der Waals surface area contributed by atoms with Crippen LogP contribution in [0.1, 0.15) is 0 Å². The molecule has 2 heterocycles. The molecule has 0 aliphatic carbocycles. The van der Waals surface area contributed by atoms with Crippen molar-refractivity contribution in [3.8, 4) is 0 Å². The Morgan fingerprint density at radius 3 is 3.20 bits per heavy atom. The second kappa shape index (κ2) is 2.29. The van der Waals surface area contributed by atoms with E-state index < -0.39 is 0 Å². The SMILES string of the molecule is Brc1nsc2ccncc12. The lowest BCUT2D eigenvalue weighted by molar-refractivity contribution is 1.36. The van der Waals surface area contributed by atoms with Crippen molar-refractivity contribution in [2.24, 2.45) is 0 Å². The van der Waals surface area contributed by atoms with Crippen LogP contribution in [0, 0.1) is 0 Å². The summed E-state index contributed by atoms with van der Waals surface area (Å²) in [6.07, 6.45) is 3.58. The topological polar surface area (TPSA) is 25.8 Å². The summed E-state index contributed by atoms with van der Waals surface area (Å²) in [7, 11) is 0. The fraction of sp³-hybridized carbons (Fsp3) is 0. The van der Waals surface area contributed by atoms with Gasteiger partial charge in [0.2, 0.25) is 0 Å². The number of fused-ring (bicyclic) bond motifs is 1. The molecule has 0 aromatic carbocycles. The second-order valence-electron chi connectivity index (χ2n) is 1.85. The molecule has 0 saturated heterocycles. The van der Waals surface area contributed by atoms with Crippen LogP contribution < -0.4 is 0 Å². The lowest BCUT2D eigenvalue weighted by Crippen LogP contribution is -1.67. The van der Waals surface area contributed by atoms with Gasteiger partial charge in [0, 0.05) is 17.8 Å². The number of aromatic nitrogens is 2. The summed E-state index contributed by atoms with van der Waals surface area (Å²) in [6, 6.07) is 1.96. The van der Waals surface area contributed by atoms with Gasteiger partial charge in [-0.15, -0.1) is 0 Å². The van der Waals surface area contributed by atoms with Gasteiger partial charge in [0.05, 0.1) is 4.70 Å². The molecule has 0 saturated carbocycles. The Morgan fingerprint density at radius 1 is 1.50 bits per heavy atom. The Hall–Kier alpha value is -0.480. The smallest absolute Gasteiger partial charge is 0.129 e. The van der Waals surface area contributed by atoms with Crippen LogP contribution in [0.25, 0.3) is 10.1 Å². The second-order valence-corrected chi connectivity index (χ2v) is 3.40. The molecule has 0 atom stereocenters. The molecule has 50 valence electrons. The number of hydrogen-bond donors (Lipinski definition) is 0. The minimum Gasteiger partial charge on any atom is -0.264 e. The van der Waals surface area contributed by atoms with E-state index >= 15 is 0 Å². The minimum absolute atomic E-state index is 0.889. The van der Waals surface area contributed by atoms with E-state index in [0.29, 0.717) is 0 Å². The molecule has 2 aromatic rings. The van der Waals surface area contributed by atoms with E-state index in [1.54, 1.807) is 6.20 Å². The summed E-state index contributed by atoms with van der Waals surface area (Å²) < 4.78 is 6.17. The molecule has 0 aliphatic rings. The Balaban J connectivity index is 2.93. The summed E-state index contributed by atoms with van der Waals surface area (Å²) in [4.78, 5) is 3.98. The third-order valence-corrected chi connectivity index (χ3v) is 2.89. The van der Waals surface area contributed by atoms with Gasteiger partial charge in [-0.2, -0.15) is 4.37 Å². The van der Waals surface area contributed by atoms with Gasteiger partial charge in [-0.1, -0.05) is 0 Å². The zero-order valence-corrected chi connectivity index (χ0v) is 7.32. The standard InChI is InChI=1S/C6H3BrN2S/c7-6-4-3-8-2-1-5(4)10-9-6/h1-3H. The maximum atomic E-state index is 4.11. The average Bonchev–Trinajstić information content (AvgIpc) is 2.34. The van der Waals surface area contributed by atoms with Gasteiger partial charge in [0.25, 0.3) is 0 Å². The minimum atomic E-state index is 0.889. The molecule has 0 bridgehead atoms. The summed E-state index contributed by atoms with van der Waals surface area (Å²) in [5.74, 6) is 0. The fourth-order valence-electron chi connectivity index (χ4n) is 0.755. The monoisotopic (exact) mass is 214 g/mol. The normalized spacial score (nSPS) is 10.5. The van der Waals surface area contributed by atoms with Crippen molar-refractivity contribution in [2.45, 2.75) is 0 Å². The molecule has 4 heteroatoms. The van der Waals surface area contributed by atoms with Crippen molar-refractivity contribution in [1.29, 1.82) is 0 Å². The summed E-state index contributed by atoms with van der Waals surface area (Å²) in [5, 5.41) is 1.09. The molecule has 0 spiro atoms. The predicted molar refractivity (Wildman–Crippen MR) is 45.1 cm³/mol. The van der Waals surface area contributed by atoms with Gasteiger partial charge >= 0.3 is 0 Å². The van der Waals surface area contributed by atoms with Crippen molar-refractivity contribution in [3.05, 3.63) is 23.1 Å². The first-order chi connectivity index (χ1) is 4.88. The van der Waals surface area contributed by atoms with Crippen molar-refractivity contribution in [3.63, 3.8) is 0 Å². The Labute approximate surface area is 70.2 Å². The summed E-state index contributed by atoms with van der Waals surface area (Å²) in [6.45, 7) is 0. The van der Waals surface area contributed by atoms with Gasteiger partial charge in [-0.3, -0.25) is 4.98 Å². The van der Waals surface area contributed by atoms with Gasteiger partial charge in [-0.05, 0) is 33.5 Å². The Morgan fingerprint density at radius 2 is 2.40 bits per heavy atom. The van der Waals surface area contributed by atoms with Crippen LogP contribution in [-0.2, 0) is 0 Å². The number of halogens is 1. The van der Waals surface area contributed by atoms with Crippen molar-refractivity contribution < 1.29 is 0 Å². The molecule has 0 unspecified atom stereocenters. The zero-order valence-electron chi connectivity index (χ0n) is 4.91. The quantitative estimate of drug-likeness (QED) is 0.674. The molecular weight excluding hydrogens is 212 g/mol. The first-order valence-corrected chi connectivity index (χ1v) is 4.29. The molecule has 10 heavy (non-hydrogen) atoms. The molecule has 2 rings (SSSR count). The number of rotatable bonds is 0. The lowest BCUT2D eigenvalue weighted by Gasteiger charge is -1.82. The van der Waals surface area contributed by atoms with E-state index in [1.807, 2.05) is 12.3 Å². The van der Waals surface area contributed by atoms with Crippen LogP contribution in [0.2, 0.25) is 0 Å². The maximum absolute atomic E-state index is 4.11. The van der Waals surface area contributed by atoms with Crippen LogP contribution in [0.5, 0.6) is 0 Å². The van der Waals surface area contributed by atoms with Crippen LogP contribution in [0.15, 0.2) is 23.1 Å². The molecule has 0 fully saturated rings. The van der Waals surface area contributed by atoms with Crippen molar-refractivity contribution in [1.82, 2.24) is 9.36 Å². The molecule has 2 aromatic heterocycles. The van der Waals surface area contributed by atoms with Crippen LogP contribution in [-0.4, -0.2) is 9.36 Å². The first-order valence-electron chi connectivity index (χ1n) is 2.73. The van der Waals surface area contributed by atoms with E-state index in [2.05, 4.69) is 25.3 Å². The summed E-state index contributed by atoms with van der Waals surface area (Å²) >= 11 is 4.80. The van der Waals surface area contributed by atoms with Crippen LogP contribution in [0.3, 0.4) is 0 Å². The lowest BCUT2D eigenvalue weighted by atomic mass is 10.4.